The molecule has 0 aromatic rings. The minimum atomic E-state index is -3.17. The fourth-order valence-electron chi connectivity index (χ4n) is 2.02. The van der Waals surface area contributed by atoms with Crippen LogP contribution >= 0.6 is 26.8 Å². The Bertz CT molecular complexity index is 171. The first-order chi connectivity index (χ1) is 7.39. The molecule has 0 amide bonds. The van der Waals surface area contributed by atoms with E-state index in [0.717, 1.165) is 0 Å². The maximum absolute atomic E-state index is 6.23. The van der Waals surface area contributed by atoms with Gasteiger partial charge in [0.05, 0.1) is 0 Å². The van der Waals surface area contributed by atoms with Crippen LogP contribution in [0.15, 0.2) is 0 Å². The van der Waals surface area contributed by atoms with Crippen molar-refractivity contribution in [3.8, 4) is 0 Å². The summed E-state index contributed by atoms with van der Waals surface area (Å²) in [5.41, 5.74) is 0. The van der Waals surface area contributed by atoms with Crippen LogP contribution in [0, 0.1) is 0 Å². The fourth-order valence-corrected chi connectivity index (χ4v) is 29.1. The van der Waals surface area contributed by atoms with E-state index in [2.05, 4.69) is 20.0 Å². The van der Waals surface area contributed by atoms with Gasteiger partial charge in [-0.2, -0.15) is 0 Å². The first-order valence-corrected chi connectivity index (χ1v) is 21.9. The van der Waals surface area contributed by atoms with Crippen LogP contribution in [0.2, 0.25) is 16.7 Å². The van der Waals surface area contributed by atoms with Gasteiger partial charge in [-0.25, -0.2) is 0 Å². The first kappa shape index (κ1) is 17.9. The van der Waals surface area contributed by atoms with Crippen molar-refractivity contribution < 1.29 is 0 Å². The summed E-state index contributed by atoms with van der Waals surface area (Å²) in [6, 6.07) is 0. The molecule has 1 atom stereocenters. The molecule has 0 aliphatic carbocycles. The number of hydrogen-bond acceptors (Lipinski definition) is 0. The molecular formula is C11H25Cl3SiSn. The zero-order valence-electron chi connectivity index (χ0n) is 10.7. The predicted molar refractivity (Wildman–Crippen MR) is 83.9 cm³/mol. The van der Waals surface area contributed by atoms with Crippen molar-refractivity contribution in [1.29, 1.82) is 0 Å². The molecule has 0 aliphatic rings. The van der Waals surface area contributed by atoms with Gasteiger partial charge in [0, 0.05) is 0 Å². The van der Waals surface area contributed by atoms with E-state index in [9.17, 15) is 0 Å². The molecule has 0 N–H and O–H groups in total. The molecule has 0 rings (SSSR count). The summed E-state index contributed by atoms with van der Waals surface area (Å²) in [7, 11) is 17.9. The van der Waals surface area contributed by atoms with Gasteiger partial charge in [-0.15, -0.1) is 0 Å². The van der Waals surface area contributed by atoms with Crippen molar-refractivity contribution >= 4 is 50.6 Å². The van der Waals surface area contributed by atoms with Gasteiger partial charge >= 0.3 is 119 Å². The van der Waals surface area contributed by atoms with Crippen molar-refractivity contribution in [1.82, 2.24) is 0 Å². The van der Waals surface area contributed by atoms with Crippen LogP contribution in [-0.4, -0.2) is 23.8 Å². The van der Waals surface area contributed by atoms with Gasteiger partial charge in [-0.3, -0.25) is 0 Å². The van der Waals surface area contributed by atoms with Crippen molar-refractivity contribution in [2.24, 2.45) is 0 Å². The van der Waals surface area contributed by atoms with Crippen LogP contribution in [0.5, 0.6) is 0 Å². The average molecular weight is 410 g/mol. The average Bonchev–Trinajstić information content (AvgIpc) is 2.13. The molecule has 5 heteroatoms. The molecule has 0 nitrogen and oxygen atoms in total. The fraction of sp³-hybridized carbons (Fsp3) is 1.00. The summed E-state index contributed by atoms with van der Waals surface area (Å²) in [4.78, 5) is 0. The van der Waals surface area contributed by atoms with Gasteiger partial charge in [0.25, 0.3) is 0 Å². The second-order valence-electron chi connectivity index (χ2n) is 4.95. The van der Waals surface area contributed by atoms with E-state index in [4.69, 9.17) is 26.8 Å². The summed E-state index contributed by atoms with van der Waals surface area (Å²) in [5.74, 6) is 0. The Labute approximate surface area is 118 Å². The van der Waals surface area contributed by atoms with Crippen LogP contribution in [-0.2, 0) is 0 Å². The van der Waals surface area contributed by atoms with Gasteiger partial charge in [0.1, 0.15) is 0 Å². The summed E-state index contributed by atoms with van der Waals surface area (Å²) >= 11 is -3.17. The van der Waals surface area contributed by atoms with Crippen LogP contribution in [0.1, 0.15) is 51.9 Å². The quantitative estimate of drug-likeness (QED) is 0.333. The topological polar surface area (TPSA) is 0 Å². The summed E-state index contributed by atoms with van der Waals surface area (Å²) in [6.07, 6.45) is 9.18. The summed E-state index contributed by atoms with van der Waals surface area (Å²) in [6.45, 7) is 6.89. The predicted octanol–water partition coefficient (Wildman–Crippen LogP) is 5.79. The van der Waals surface area contributed by atoms with Crippen LogP contribution in [0.25, 0.3) is 0 Å². The van der Waals surface area contributed by atoms with E-state index >= 15 is 0 Å². The Morgan fingerprint density at radius 3 is 1.88 bits per heavy atom. The summed E-state index contributed by atoms with van der Waals surface area (Å²) < 4.78 is 0.533. The molecule has 0 spiro atoms. The van der Waals surface area contributed by atoms with Crippen molar-refractivity contribution in [2.45, 2.75) is 68.5 Å². The van der Waals surface area contributed by atoms with E-state index in [1.54, 1.807) is 0 Å². The third-order valence-corrected chi connectivity index (χ3v) is 27.2. The standard InChI is InChI=1S/C11H25Si.3ClH.Sn/c1-4-5-6-7-8-9-10-11-12(2)3;;;;/h11-12H,4-10H2,1-3H3;3*1H;/q;;;;+3/p-3. The van der Waals surface area contributed by atoms with E-state index in [1.807, 2.05) is 0 Å². The Balaban J connectivity index is 3.70. The molecule has 0 aromatic carbocycles. The minimum absolute atomic E-state index is 0.533. The SMILES string of the molecule is CCCCCCCC[CH]([SiH](C)C)[Sn]([Cl])([Cl])[Cl]. The van der Waals surface area contributed by atoms with Gasteiger partial charge < -0.3 is 0 Å². The molecule has 98 valence electrons. The first-order valence-electron chi connectivity index (χ1n) is 6.46. The molecule has 0 fully saturated rings. The number of unbranched alkanes of at least 4 members (excludes halogenated alkanes) is 5. The Kier molecular flexibility index (Phi) is 10.9. The molecule has 1 unspecified atom stereocenters. The number of hydrogen-bond donors (Lipinski definition) is 0. The molecule has 0 bridgehead atoms. The van der Waals surface area contributed by atoms with Gasteiger partial charge in [-0.1, -0.05) is 0 Å². The monoisotopic (exact) mass is 410 g/mol. The third-order valence-electron chi connectivity index (χ3n) is 3.09. The number of halogens is 3. The maximum atomic E-state index is 6.23. The summed E-state index contributed by atoms with van der Waals surface area (Å²) in [5, 5.41) is 0. The number of rotatable bonds is 9. The zero-order valence-corrected chi connectivity index (χ0v) is 17.0. The molecule has 16 heavy (non-hydrogen) atoms. The van der Waals surface area contributed by atoms with E-state index < -0.39 is 23.8 Å². The Morgan fingerprint density at radius 1 is 0.938 bits per heavy atom. The van der Waals surface area contributed by atoms with Gasteiger partial charge in [-0.05, 0) is 0 Å². The van der Waals surface area contributed by atoms with Crippen molar-refractivity contribution in [2.75, 3.05) is 0 Å². The van der Waals surface area contributed by atoms with Crippen LogP contribution in [0.3, 0.4) is 0 Å². The molecule has 0 saturated carbocycles. The molecule has 0 heterocycles. The van der Waals surface area contributed by atoms with Gasteiger partial charge in [0.2, 0.25) is 0 Å². The molecule has 0 aliphatic heterocycles. The van der Waals surface area contributed by atoms with Crippen LogP contribution < -0.4 is 0 Å². The molecule has 0 aromatic heterocycles. The van der Waals surface area contributed by atoms with Crippen molar-refractivity contribution in [3.63, 3.8) is 0 Å². The van der Waals surface area contributed by atoms with E-state index in [1.165, 1.54) is 44.9 Å². The molecule has 0 radical (unpaired) electrons. The van der Waals surface area contributed by atoms with Crippen molar-refractivity contribution in [3.05, 3.63) is 0 Å². The Morgan fingerprint density at radius 2 is 1.44 bits per heavy atom. The second-order valence-corrected chi connectivity index (χ2v) is 31.2. The Hall–Kier alpha value is 1.89. The van der Waals surface area contributed by atoms with E-state index in [-0.39, 0.29) is 0 Å². The zero-order chi connectivity index (χ0) is 12.6. The normalized spacial score (nSPS) is 14.4. The van der Waals surface area contributed by atoms with E-state index in [0.29, 0.717) is 3.56 Å². The molecule has 0 saturated heterocycles. The third kappa shape index (κ3) is 8.90. The van der Waals surface area contributed by atoms with Crippen LogP contribution in [0.4, 0.5) is 0 Å². The second kappa shape index (κ2) is 9.77. The van der Waals surface area contributed by atoms with Gasteiger partial charge in [0.15, 0.2) is 0 Å². The molecular weight excluding hydrogens is 385 g/mol.